The number of likely N-dealkylation sites (N-methyl/N-ethyl adjacent to an activating group) is 1. The Morgan fingerprint density at radius 1 is 1.16 bits per heavy atom. The van der Waals surface area contributed by atoms with Gasteiger partial charge < -0.3 is 24.8 Å². The number of nitrogens with one attached hydrogen (secondary N) is 1. The molecule has 11 heteroatoms. The number of para-hydroxylation sites is 1. The summed E-state index contributed by atoms with van der Waals surface area (Å²) in [4.78, 5) is 27.7. The number of halogens is 1. The van der Waals surface area contributed by atoms with Crippen molar-refractivity contribution < 1.29 is 19.4 Å². The van der Waals surface area contributed by atoms with E-state index in [4.69, 9.17) is 21.1 Å². The molecule has 0 aliphatic carbocycles. The van der Waals surface area contributed by atoms with Gasteiger partial charge in [0.1, 0.15) is 41.1 Å². The molecule has 230 valence electrons. The Hall–Kier alpha value is -3.88. The smallest absolute Gasteiger partial charge is 0.326 e. The number of carboxylic acids is 1. The van der Waals surface area contributed by atoms with Crippen molar-refractivity contribution in [1.82, 2.24) is 19.8 Å². The number of rotatable bonds is 11. The van der Waals surface area contributed by atoms with Gasteiger partial charge in [0.05, 0.1) is 22.4 Å². The molecule has 1 unspecified atom stereocenters. The summed E-state index contributed by atoms with van der Waals surface area (Å²) in [6.45, 7) is 9.28. The molecule has 2 aromatic carbocycles. The second kappa shape index (κ2) is 14.3. The zero-order valence-corrected chi connectivity index (χ0v) is 26.9. The number of hydrogen-bond acceptors (Lipinski definition) is 9. The van der Waals surface area contributed by atoms with Gasteiger partial charge in [0.2, 0.25) is 0 Å². The number of benzene rings is 2. The van der Waals surface area contributed by atoms with Gasteiger partial charge >= 0.3 is 5.97 Å². The van der Waals surface area contributed by atoms with E-state index in [-0.39, 0.29) is 6.42 Å². The third kappa shape index (κ3) is 6.92. The molecule has 1 aliphatic rings. The Kier molecular flexibility index (Phi) is 10.2. The van der Waals surface area contributed by atoms with E-state index in [1.807, 2.05) is 43.3 Å². The lowest BCUT2D eigenvalue weighted by molar-refractivity contribution is -0.137. The van der Waals surface area contributed by atoms with E-state index in [0.717, 1.165) is 59.9 Å². The summed E-state index contributed by atoms with van der Waals surface area (Å²) in [5.74, 6) is 6.88. The number of carbonyl (C=O) groups is 1. The summed E-state index contributed by atoms with van der Waals surface area (Å²) < 4.78 is 11.6. The molecule has 2 aromatic heterocycles. The average molecular weight is 634 g/mol. The average Bonchev–Trinajstić information content (AvgIpc) is 3.39. The maximum atomic E-state index is 12.4. The Morgan fingerprint density at radius 3 is 2.66 bits per heavy atom. The lowest BCUT2D eigenvalue weighted by Gasteiger charge is -2.32. The normalized spacial score (nSPS) is 14.6. The second-order valence-corrected chi connectivity index (χ2v) is 12.1. The van der Waals surface area contributed by atoms with Gasteiger partial charge in [0.25, 0.3) is 0 Å². The molecule has 0 saturated carbocycles. The lowest BCUT2D eigenvalue weighted by atomic mass is 9.97. The van der Waals surface area contributed by atoms with Gasteiger partial charge in [-0.2, -0.15) is 0 Å². The maximum Gasteiger partial charge on any atom is 0.326 e. The van der Waals surface area contributed by atoms with E-state index < -0.39 is 12.0 Å². The van der Waals surface area contributed by atoms with Gasteiger partial charge in [-0.15, -0.1) is 17.3 Å². The number of piperazine rings is 1. The molecule has 2 N–H and O–H groups in total. The van der Waals surface area contributed by atoms with Gasteiger partial charge in [-0.05, 0) is 49.7 Å². The molecule has 9 nitrogen and oxygen atoms in total. The SMILES string of the molecule is CC#Cc1sc2ncnc(NC(Cc3ccccc3OC)C(=O)O)c2c1-c1ccc(OCCN2CCN(C)CC2)c(Cl)c1C. The highest BCUT2D eigenvalue weighted by Gasteiger charge is 2.26. The molecule has 0 spiro atoms. The number of methoxy groups -OCH3 is 1. The second-order valence-electron chi connectivity index (χ2n) is 10.7. The van der Waals surface area contributed by atoms with Crippen molar-refractivity contribution in [2.24, 2.45) is 0 Å². The highest BCUT2D eigenvalue weighted by molar-refractivity contribution is 7.19. The highest BCUT2D eigenvalue weighted by atomic mass is 35.5. The number of aliphatic carboxylic acids is 1. The van der Waals surface area contributed by atoms with E-state index in [1.54, 1.807) is 14.0 Å². The first-order valence-electron chi connectivity index (χ1n) is 14.4. The first-order chi connectivity index (χ1) is 21.3. The van der Waals surface area contributed by atoms with Crippen molar-refractivity contribution in [2.75, 3.05) is 58.8 Å². The summed E-state index contributed by atoms with van der Waals surface area (Å²) in [7, 11) is 3.71. The summed E-state index contributed by atoms with van der Waals surface area (Å²) in [6, 6.07) is 10.3. The fourth-order valence-corrected chi connectivity index (χ4v) is 6.64. The van der Waals surface area contributed by atoms with Crippen molar-refractivity contribution in [3.63, 3.8) is 0 Å². The van der Waals surface area contributed by atoms with Gasteiger partial charge in [0.15, 0.2) is 0 Å². The van der Waals surface area contributed by atoms with Crippen LogP contribution >= 0.6 is 22.9 Å². The summed E-state index contributed by atoms with van der Waals surface area (Å²) in [6.07, 6.45) is 1.63. The monoisotopic (exact) mass is 633 g/mol. The van der Waals surface area contributed by atoms with Crippen molar-refractivity contribution in [1.29, 1.82) is 0 Å². The first kappa shape index (κ1) is 31.5. The zero-order chi connectivity index (χ0) is 31.2. The van der Waals surface area contributed by atoms with Crippen LogP contribution in [0.2, 0.25) is 5.02 Å². The molecule has 1 atom stereocenters. The number of fused-ring (bicyclic) bond motifs is 1. The Bertz CT molecular complexity index is 1710. The fraction of sp³-hybridized carbons (Fsp3) is 0.364. The standard InChI is InChI=1S/C33H36ClN5O4S/c1-5-8-27-28(23-11-12-26(30(34)21(23)2)43-18-17-39-15-13-38(3)14-16-39)29-31(35-20-36-32(29)44-27)37-24(33(40)41)19-22-9-6-7-10-25(22)42-4/h6-7,9-12,20,24H,13-19H2,1-4H3,(H,40,41)(H,35,36,37). The van der Waals surface area contributed by atoms with Crippen molar-refractivity contribution in [3.05, 3.63) is 63.8 Å². The van der Waals surface area contributed by atoms with Gasteiger partial charge in [-0.3, -0.25) is 4.90 Å². The number of thiophene rings is 1. The molecule has 5 rings (SSSR count). The van der Waals surface area contributed by atoms with Crippen LogP contribution in [0.3, 0.4) is 0 Å². The topological polar surface area (TPSA) is 100 Å². The molecule has 1 aliphatic heterocycles. The minimum Gasteiger partial charge on any atom is -0.496 e. The third-order valence-electron chi connectivity index (χ3n) is 7.83. The van der Waals surface area contributed by atoms with Crippen molar-refractivity contribution in [2.45, 2.75) is 26.3 Å². The van der Waals surface area contributed by atoms with Crippen LogP contribution in [0.15, 0.2) is 42.7 Å². The van der Waals surface area contributed by atoms with E-state index in [1.165, 1.54) is 17.7 Å². The number of aromatic nitrogens is 2. The number of hydrogen-bond donors (Lipinski definition) is 2. The predicted molar refractivity (Wildman–Crippen MR) is 176 cm³/mol. The summed E-state index contributed by atoms with van der Waals surface area (Å²) >= 11 is 8.34. The molecule has 44 heavy (non-hydrogen) atoms. The molecule has 4 aromatic rings. The Labute approximate surface area is 266 Å². The van der Waals surface area contributed by atoms with Crippen molar-refractivity contribution in [3.8, 4) is 34.5 Å². The maximum absolute atomic E-state index is 12.4. The number of carboxylic acid groups (broad SMARTS) is 1. The van der Waals surface area contributed by atoms with Crippen LogP contribution in [-0.4, -0.2) is 90.4 Å². The number of nitrogens with zero attached hydrogens (tertiary/aromatic N) is 4. The lowest BCUT2D eigenvalue weighted by Crippen LogP contribution is -2.45. The van der Waals surface area contributed by atoms with E-state index in [9.17, 15) is 9.90 Å². The Morgan fingerprint density at radius 2 is 1.93 bits per heavy atom. The molecule has 1 fully saturated rings. The predicted octanol–water partition coefficient (Wildman–Crippen LogP) is 5.43. The highest BCUT2D eigenvalue weighted by Crippen LogP contribution is 2.44. The minimum atomic E-state index is -1.01. The molecular formula is C33H36ClN5O4S. The Balaban J connectivity index is 1.47. The fourth-order valence-electron chi connectivity index (χ4n) is 5.36. The van der Waals surface area contributed by atoms with Crippen LogP contribution in [0.4, 0.5) is 5.82 Å². The number of anilines is 1. The molecule has 3 heterocycles. The number of ether oxygens (including phenoxy) is 2. The van der Waals surface area contributed by atoms with E-state index in [2.05, 4.69) is 44.0 Å². The van der Waals surface area contributed by atoms with Gasteiger partial charge in [-0.1, -0.05) is 41.8 Å². The van der Waals surface area contributed by atoms with Crippen LogP contribution in [0.5, 0.6) is 11.5 Å². The van der Waals surface area contributed by atoms with Crippen LogP contribution in [0, 0.1) is 18.8 Å². The summed E-state index contributed by atoms with van der Waals surface area (Å²) in [5, 5.41) is 14.6. The first-order valence-corrected chi connectivity index (χ1v) is 15.6. The van der Waals surface area contributed by atoms with Crippen LogP contribution in [0.1, 0.15) is 22.9 Å². The molecule has 1 saturated heterocycles. The molecule has 0 radical (unpaired) electrons. The van der Waals surface area contributed by atoms with Crippen LogP contribution in [-0.2, 0) is 11.2 Å². The molecule has 0 amide bonds. The zero-order valence-electron chi connectivity index (χ0n) is 25.3. The van der Waals surface area contributed by atoms with E-state index >= 15 is 0 Å². The third-order valence-corrected chi connectivity index (χ3v) is 9.32. The largest absolute Gasteiger partial charge is 0.496 e. The molecular weight excluding hydrogens is 598 g/mol. The quantitative estimate of drug-likeness (QED) is 0.209. The molecule has 0 bridgehead atoms. The minimum absolute atomic E-state index is 0.191. The van der Waals surface area contributed by atoms with Crippen LogP contribution in [0.25, 0.3) is 21.3 Å². The van der Waals surface area contributed by atoms with E-state index in [0.29, 0.717) is 39.2 Å². The van der Waals surface area contributed by atoms with Crippen molar-refractivity contribution >= 4 is 44.9 Å². The van der Waals surface area contributed by atoms with Gasteiger partial charge in [0, 0.05) is 44.7 Å². The summed E-state index contributed by atoms with van der Waals surface area (Å²) in [5.41, 5.74) is 3.28. The van der Waals surface area contributed by atoms with Gasteiger partial charge in [-0.25, -0.2) is 14.8 Å². The van der Waals surface area contributed by atoms with Crippen LogP contribution < -0.4 is 14.8 Å².